The molecule has 0 spiro atoms. The van der Waals surface area contributed by atoms with Crippen LogP contribution in [0.1, 0.15) is 30.8 Å². The summed E-state index contributed by atoms with van der Waals surface area (Å²) in [4.78, 5) is 8.98. The Labute approximate surface area is 130 Å². The summed E-state index contributed by atoms with van der Waals surface area (Å²) in [5.41, 5.74) is 1.91. The predicted octanol–water partition coefficient (Wildman–Crippen LogP) is 4.53. The third kappa shape index (κ3) is 3.64. The second kappa shape index (κ2) is 6.76. The van der Waals surface area contributed by atoms with Crippen LogP contribution in [0, 0.1) is 13.8 Å². The SMILES string of the molecule is CCNc1nc(CC)nc(Oc2cc(Cl)ccc2C)c1C. The molecule has 1 N–H and O–H groups in total. The lowest BCUT2D eigenvalue weighted by atomic mass is 10.2. The van der Waals surface area contributed by atoms with Gasteiger partial charge in [-0.25, -0.2) is 4.98 Å². The maximum Gasteiger partial charge on any atom is 0.227 e. The number of hydrogen-bond donors (Lipinski definition) is 1. The predicted molar refractivity (Wildman–Crippen MR) is 86.6 cm³/mol. The van der Waals surface area contributed by atoms with E-state index in [2.05, 4.69) is 15.3 Å². The van der Waals surface area contributed by atoms with Gasteiger partial charge in [0, 0.05) is 18.0 Å². The van der Waals surface area contributed by atoms with Crippen LogP contribution in [0.3, 0.4) is 0 Å². The van der Waals surface area contributed by atoms with Gasteiger partial charge in [0.15, 0.2) is 0 Å². The Kier molecular flexibility index (Phi) is 5.02. The monoisotopic (exact) mass is 305 g/mol. The van der Waals surface area contributed by atoms with E-state index in [1.165, 1.54) is 0 Å². The fourth-order valence-electron chi connectivity index (χ4n) is 1.93. The van der Waals surface area contributed by atoms with Crippen LogP contribution in [-0.2, 0) is 6.42 Å². The normalized spacial score (nSPS) is 10.5. The fraction of sp³-hybridized carbons (Fsp3) is 0.375. The molecule has 0 unspecified atom stereocenters. The third-order valence-electron chi connectivity index (χ3n) is 3.16. The van der Waals surface area contributed by atoms with Crippen LogP contribution in [0.15, 0.2) is 18.2 Å². The highest BCUT2D eigenvalue weighted by Crippen LogP contribution is 2.31. The molecule has 0 radical (unpaired) electrons. The van der Waals surface area contributed by atoms with Crippen molar-refractivity contribution in [3.05, 3.63) is 40.2 Å². The van der Waals surface area contributed by atoms with Gasteiger partial charge in [0.1, 0.15) is 17.4 Å². The molecule has 5 heteroatoms. The van der Waals surface area contributed by atoms with E-state index >= 15 is 0 Å². The number of benzene rings is 1. The summed E-state index contributed by atoms with van der Waals surface area (Å²) in [6.45, 7) is 8.79. The van der Waals surface area contributed by atoms with Gasteiger partial charge in [-0.2, -0.15) is 4.98 Å². The van der Waals surface area contributed by atoms with E-state index in [0.29, 0.717) is 16.7 Å². The summed E-state index contributed by atoms with van der Waals surface area (Å²) in [5, 5.41) is 3.89. The Morgan fingerprint density at radius 3 is 2.62 bits per heavy atom. The van der Waals surface area contributed by atoms with Gasteiger partial charge in [0.2, 0.25) is 5.88 Å². The number of hydrogen-bond acceptors (Lipinski definition) is 4. The molecule has 2 rings (SSSR count). The highest BCUT2D eigenvalue weighted by atomic mass is 35.5. The van der Waals surface area contributed by atoms with Crippen molar-refractivity contribution in [1.29, 1.82) is 0 Å². The van der Waals surface area contributed by atoms with E-state index < -0.39 is 0 Å². The van der Waals surface area contributed by atoms with Crippen LogP contribution in [0.5, 0.6) is 11.6 Å². The van der Waals surface area contributed by atoms with E-state index in [-0.39, 0.29) is 0 Å². The first-order valence-corrected chi connectivity index (χ1v) is 7.48. The first-order chi connectivity index (χ1) is 10.0. The van der Waals surface area contributed by atoms with Crippen LogP contribution in [0.2, 0.25) is 5.02 Å². The lowest BCUT2D eigenvalue weighted by Crippen LogP contribution is -2.07. The summed E-state index contributed by atoms with van der Waals surface area (Å²) in [7, 11) is 0. The molecule has 2 aromatic rings. The molecule has 0 aliphatic heterocycles. The maximum atomic E-state index is 6.04. The van der Waals surface area contributed by atoms with Crippen LogP contribution in [-0.4, -0.2) is 16.5 Å². The van der Waals surface area contributed by atoms with Crippen molar-refractivity contribution in [3.8, 4) is 11.6 Å². The number of nitrogens with zero attached hydrogens (tertiary/aromatic N) is 2. The minimum atomic E-state index is 0.572. The van der Waals surface area contributed by atoms with Gasteiger partial charge in [-0.05, 0) is 38.5 Å². The van der Waals surface area contributed by atoms with Gasteiger partial charge in [0.05, 0.1) is 5.56 Å². The van der Waals surface area contributed by atoms with Crippen LogP contribution >= 0.6 is 11.6 Å². The van der Waals surface area contributed by atoms with Crippen molar-refractivity contribution in [3.63, 3.8) is 0 Å². The van der Waals surface area contributed by atoms with E-state index in [1.54, 1.807) is 6.07 Å². The molecule has 1 heterocycles. The number of ether oxygens (including phenoxy) is 1. The van der Waals surface area contributed by atoms with Crippen LogP contribution in [0.25, 0.3) is 0 Å². The van der Waals surface area contributed by atoms with Gasteiger partial charge >= 0.3 is 0 Å². The third-order valence-corrected chi connectivity index (χ3v) is 3.40. The zero-order valence-corrected chi connectivity index (χ0v) is 13.6. The van der Waals surface area contributed by atoms with Gasteiger partial charge < -0.3 is 10.1 Å². The molecular formula is C16H20ClN3O. The van der Waals surface area contributed by atoms with Crippen LogP contribution in [0.4, 0.5) is 5.82 Å². The maximum absolute atomic E-state index is 6.04. The van der Waals surface area contributed by atoms with E-state index in [4.69, 9.17) is 16.3 Å². The molecule has 1 aromatic heterocycles. The Morgan fingerprint density at radius 2 is 1.95 bits per heavy atom. The van der Waals surface area contributed by atoms with E-state index in [1.807, 2.05) is 39.8 Å². The molecule has 1 aromatic carbocycles. The summed E-state index contributed by atoms with van der Waals surface area (Å²) < 4.78 is 5.97. The second-order valence-electron chi connectivity index (χ2n) is 4.81. The number of nitrogens with one attached hydrogen (secondary N) is 1. The molecule has 0 bridgehead atoms. The lowest BCUT2D eigenvalue weighted by Gasteiger charge is -2.14. The van der Waals surface area contributed by atoms with E-state index in [9.17, 15) is 0 Å². The van der Waals surface area contributed by atoms with Gasteiger partial charge in [-0.1, -0.05) is 24.6 Å². The molecule has 0 fully saturated rings. The number of halogens is 1. The Hall–Kier alpha value is -1.81. The Morgan fingerprint density at radius 1 is 1.19 bits per heavy atom. The smallest absolute Gasteiger partial charge is 0.227 e. The zero-order chi connectivity index (χ0) is 15.4. The summed E-state index contributed by atoms with van der Waals surface area (Å²) in [6, 6.07) is 5.58. The van der Waals surface area contributed by atoms with Gasteiger partial charge in [-0.15, -0.1) is 0 Å². The first kappa shape index (κ1) is 15.6. The van der Waals surface area contributed by atoms with Gasteiger partial charge in [0.25, 0.3) is 0 Å². The summed E-state index contributed by atoms with van der Waals surface area (Å²) in [5.74, 6) is 2.86. The highest BCUT2D eigenvalue weighted by Gasteiger charge is 2.13. The van der Waals surface area contributed by atoms with Crippen LogP contribution < -0.4 is 10.1 Å². The topological polar surface area (TPSA) is 47.0 Å². The van der Waals surface area contributed by atoms with Crippen molar-refractivity contribution in [2.75, 3.05) is 11.9 Å². The quantitative estimate of drug-likeness (QED) is 0.881. The average Bonchev–Trinajstić information content (AvgIpc) is 2.47. The molecule has 0 aliphatic rings. The molecule has 0 amide bonds. The molecule has 0 saturated carbocycles. The number of aromatic nitrogens is 2. The summed E-state index contributed by atoms with van der Waals surface area (Å²) in [6.07, 6.45) is 0.754. The van der Waals surface area contributed by atoms with Gasteiger partial charge in [-0.3, -0.25) is 0 Å². The minimum Gasteiger partial charge on any atom is -0.438 e. The molecule has 4 nitrogen and oxygen atoms in total. The Balaban J connectivity index is 2.43. The molecule has 112 valence electrons. The highest BCUT2D eigenvalue weighted by molar-refractivity contribution is 6.30. The standard InChI is InChI=1S/C16H20ClN3O/c1-5-14-19-15(18-6-2)11(4)16(20-14)21-13-9-12(17)8-7-10(13)3/h7-9H,5-6H2,1-4H3,(H,18,19,20). The van der Waals surface area contributed by atoms with Crippen molar-refractivity contribution in [2.24, 2.45) is 0 Å². The molecule has 21 heavy (non-hydrogen) atoms. The number of anilines is 1. The fourth-order valence-corrected chi connectivity index (χ4v) is 2.09. The average molecular weight is 306 g/mol. The van der Waals surface area contributed by atoms with Crippen molar-refractivity contribution in [2.45, 2.75) is 34.1 Å². The molecule has 0 atom stereocenters. The number of aryl methyl sites for hydroxylation is 2. The van der Waals surface area contributed by atoms with E-state index in [0.717, 1.165) is 35.7 Å². The lowest BCUT2D eigenvalue weighted by molar-refractivity contribution is 0.452. The van der Waals surface area contributed by atoms with Crippen molar-refractivity contribution in [1.82, 2.24) is 9.97 Å². The summed E-state index contributed by atoms with van der Waals surface area (Å²) >= 11 is 6.04. The molecular weight excluding hydrogens is 286 g/mol. The largest absolute Gasteiger partial charge is 0.438 e. The molecule has 0 aliphatic carbocycles. The zero-order valence-electron chi connectivity index (χ0n) is 12.8. The minimum absolute atomic E-state index is 0.572. The first-order valence-electron chi connectivity index (χ1n) is 7.10. The van der Waals surface area contributed by atoms with Crippen molar-refractivity contribution < 1.29 is 4.74 Å². The number of rotatable bonds is 5. The Bertz CT molecular complexity index is 644. The molecule has 0 saturated heterocycles. The van der Waals surface area contributed by atoms with Crippen molar-refractivity contribution >= 4 is 17.4 Å². The second-order valence-corrected chi connectivity index (χ2v) is 5.25.